The molecular weight excluding hydrogens is 1240 g/mol. The smallest absolute Gasteiger partial charge is 0.326 e. The highest BCUT2D eigenvalue weighted by Gasteiger charge is 2.38. The second kappa shape index (κ2) is 35.6. The summed E-state index contributed by atoms with van der Waals surface area (Å²) in [4.78, 5) is 182. The number of aliphatic hydroxyl groups excluding tert-OH is 1. The second-order valence-electron chi connectivity index (χ2n) is 24.4. The van der Waals surface area contributed by atoms with E-state index < -0.39 is 176 Å². The number of nitrogens with one attached hydrogen (secondary N) is 11. The molecule has 0 saturated heterocycles. The van der Waals surface area contributed by atoms with Gasteiger partial charge in [0.25, 0.3) is 0 Å². The quantitative estimate of drug-likeness (QED) is 0.0214. The molecule has 0 aliphatic heterocycles. The standard InChI is InChI=1S/C64H86N14O17/c1-31(2)21-44(71-55(85)40(65)23-34-15-17-37(80)18-16-34)57(87)72-45(24-35-28-68-41-13-9-7-11-38(35)41)58(88)73-46(25-36-29-69-42-14-10-8-12-39(36)42)61(91)78-54(33(5)6)63(93)75-47(26-52(67)82)59(89)74-48(27-53(83)84)60(90)70-43(19-20-51(66)81)56(86)77-50(30-79)62(92)76-49(64(94)95)22-32(3)4/h7-18,28-29,31-33,40,43-50,54,68-69,79-80H,19-27,30,65H2,1-6H3,(H2,66,81)(H2,67,82)(H,70,90)(H,71,85)(H,72,87)(H,73,88)(H,74,89)(H,75,93)(H,76,92)(H,77,86)(H,78,91)(H,83,84)(H,94,95)/t40-,43-,44-,45-,46-,47-,48-,49-,50-,54-/m0/s1. The van der Waals surface area contributed by atoms with E-state index in [0.717, 1.165) is 0 Å². The normalized spacial score (nSPS) is 14.5. The van der Waals surface area contributed by atoms with Gasteiger partial charge in [-0.05, 0) is 84.4 Å². The monoisotopic (exact) mass is 1320 g/mol. The average Bonchev–Trinajstić information content (AvgIpc) is 1.74. The van der Waals surface area contributed by atoms with Gasteiger partial charge in [0.2, 0.25) is 65.0 Å². The van der Waals surface area contributed by atoms with Crippen molar-refractivity contribution in [3.05, 3.63) is 102 Å². The lowest BCUT2D eigenvalue weighted by Gasteiger charge is -2.29. The zero-order chi connectivity index (χ0) is 70.4. The molecule has 0 spiro atoms. The van der Waals surface area contributed by atoms with E-state index in [1.807, 2.05) is 13.8 Å². The first kappa shape index (κ1) is 75.3. The highest BCUT2D eigenvalue weighted by atomic mass is 16.4. The summed E-state index contributed by atoms with van der Waals surface area (Å²) < 4.78 is 0. The van der Waals surface area contributed by atoms with Crippen LogP contribution in [0.2, 0.25) is 0 Å². The Bertz CT molecular complexity index is 3570. The number of aliphatic carboxylic acids is 2. The fourth-order valence-corrected chi connectivity index (χ4v) is 10.3. The van der Waals surface area contributed by atoms with Gasteiger partial charge in [0.05, 0.1) is 25.5 Å². The summed E-state index contributed by atoms with van der Waals surface area (Å²) in [5.41, 5.74) is 20.3. The summed E-state index contributed by atoms with van der Waals surface area (Å²) in [7, 11) is 0. The number of nitrogens with two attached hydrogens (primary N) is 3. The molecule has 0 fully saturated rings. The minimum absolute atomic E-state index is 0.0117. The number of hydrogen-bond donors (Lipinski definition) is 18. The number of carboxylic acids is 2. The van der Waals surface area contributed by atoms with Crippen molar-refractivity contribution in [2.24, 2.45) is 35.0 Å². The number of phenols is 1. The maximum Gasteiger partial charge on any atom is 0.326 e. The lowest BCUT2D eigenvalue weighted by Crippen LogP contribution is -2.62. The molecule has 95 heavy (non-hydrogen) atoms. The van der Waals surface area contributed by atoms with E-state index in [4.69, 9.17) is 17.2 Å². The number of carbonyl (C=O) groups is 13. The lowest BCUT2D eigenvalue weighted by atomic mass is 9.98. The molecule has 0 unspecified atom stereocenters. The van der Waals surface area contributed by atoms with Gasteiger partial charge in [0.1, 0.15) is 60.1 Å². The Morgan fingerprint density at radius 1 is 0.453 bits per heavy atom. The Morgan fingerprint density at radius 2 is 0.863 bits per heavy atom. The summed E-state index contributed by atoms with van der Waals surface area (Å²) in [6, 6.07) is 4.15. The van der Waals surface area contributed by atoms with Crippen LogP contribution in [0, 0.1) is 17.8 Å². The number of aromatic nitrogens is 2. The van der Waals surface area contributed by atoms with E-state index in [1.165, 1.54) is 26.0 Å². The first-order valence-electron chi connectivity index (χ1n) is 30.8. The van der Waals surface area contributed by atoms with Crippen LogP contribution in [-0.4, -0.2) is 174 Å². The predicted molar refractivity (Wildman–Crippen MR) is 344 cm³/mol. The molecule has 2 heterocycles. The summed E-state index contributed by atoms with van der Waals surface area (Å²) >= 11 is 0. The van der Waals surface area contributed by atoms with Gasteiger partial charge in [0, 0.05) is 53.5 Å². The van der Waals surface area contributed by atoms with E-state index in [-0.39, 0.29) is 49.7 Å². The number of H-pyrrole nitrogens is 2. The van der Waals surface area contributed by atoms with Gasteiger partial charge < -0.3 is 95.4 Å². The third-order valence-electron chi connectivity index (χ3n) is 15.3. The molecule has 21 N–H and O–H groups in total. The van der Waals surface area contributed by atoms with E-state index in [1.54, 1.807) is 86.9 Å². The van der Waals surface area contributed by atoms with E-state index in [0.29, 0.717) is 38.5 Å². The number of amides is 11. The van der Waals surface area contributed by atoms with Gasteiger partial charge >= 0.3 is 11.9 Å². The number of primary amides is 2. The number of carbonyl (C=O) groups excluding carboxylic acids is 11. The summed E-state index contributed by atoms with van der Waals surface area (Å²) in [5.74, 6) is -16.1. The Balaban J connectivity index is 1.42. The van der Waals surface area contributed by atoms with Crippen LogP contribution in [0.1, 0.15) is 96.8 Å². The van der Waals surface area contributed by atoms with Crippen molar-refractivity contribution in [3.8, 4) is 5.75 Å². The average molecular weight is 1320 g/mol. The maximum atomic E-state index is 15.1. The van der Waals surface area contributed by atoms with Crippen LogP contribution in [0.15, 0.2) is 85.2 Å². The summed E-state index contributed by atoms with van der Waals surface area (Å²) in [6.45, 7) is 8.94. The summed E-state index contributed by atoms with van der Waals surface area (Å²) in [5, 5.41) is 62.6. The molecule has 0 bridgehead atoms. The Hall–Kier alpha value is -10.4. The zero-order valence-corrected chi connectivity index (χ0v) is 53.5. The van der Waals surface area contributed by atoms with Gasteiger partial charge in [-0.15, -0.1) is 0 Å². The predicted octanol–water partition coefficient (Wildman–Crippen LogP) is -1.49. The highest BCUT2D eigenvalue weighted by molar-refractivity contribution is 6.01. The fourth-order valence-electron chi connectivity index (χ4n) is 10.3. The second-order valence-corrected chi connectivity index (χ2v) is 24.4. The number of rotatable bonds is 38. The van der Waals surface area contributed by atoms with Crippen molar-refractivity contribution >= 4 is 98.7 Å². The van der Waals surface area contributed by atoms with Crippen LogP contribution in [0.3, 0.4) is 0 Å². The first-order chi connectivity index (χ1) is 44.8. The molecule has 2 aromatic heterocycles. The molecule has 3 aromatic carbocycles. The van der Waals surface area contributed by atoms with Crippen LogP contribution in [-0.2, 0) is 81.6 Å². The van der Waals surface area contributed by atoms with Gasteiger partial charge in [-0.3, -0.25) is 57.5 Å². The fraction of sp³-hybridized carbons (Fsp3) is 0.453. The van der Waals surface area contributed by atoms with Gasteiger partial charge in [0.15, 0.2) is 0 Å². The van der Waals surface area contributed by atoms with Gasteiger partial charge in [-0.2, -0.15) is 0 Å². The Morgan fingerprint density at radius 3 is 1.35 bits per heavy atom. The molecule has 5 rings (SSSR count). The molecule has 0 saturated carbocycles. The van der Waals surface area contributed by atoms with Crippen molar-refractivity contribution in [1.29, 1.82) is 0 Å². The van der Waals surface area contributed by atoms with Gasteiger partial charge in [-0.25, -0.2) is 4.79 Å². The third-order valence-corrected chi connectivity index (χ3v) is 15.3. The number of benzene rings is 3. The summed E-state index contributed by atoms with van der Waals surface area (Å²) in [6.07, 6.45) is -0.380. The minimum Gasteiger partial charge on any atom is -0.508 e. The van der Waals surface area contributed by atoms with Crippen molar-refractivity contribution in [2.75, 3.05) is 6.61 Å². The van der Waals surface area contributed by atoms with Crippen LogP contribution in [0.25, 0.3) is 21.8 Å². The molecule has 11 amide bonds. The molecule has 10 atom stereocenters. The number of aromatic hydroxyl groups is 1. The SMILES string of the molecule is CC(C)C[C@H](NC(=O)[C@H](CO)NC(=O)[C@H](CCC(N)=O)NC(=O)[C@H](CC(=O)O)NC(=O)[C@H](CC(N)=O)NC(=O)[C@@H](NC(=O)[C@H](Cc1c[nH]c2ccccc12)NC(=O)[C@H](Cc1c[nH]c2ccccc12)NC(=O)[C@H](CC(C)C)NC(=O)[C@@H](N)Cc1ccc(O)cc1)C(C)C)C(=O)O. The Labute approximate surface area is 546 Å². The molecular formula is C64H86N14O17. The molecule has 31 nitrogen and oxygen atoms in total. The molecule has 31 heteroatoms. The van der Waals surface area contributed by atoms with E-state index >= 15 is 4.79 Å². The van der Waals surface area contributed by atoms with Crippen molar-refractivity contribution < 1.29 is 82.8 Å². The maximum absolute atomic E-state index is 15.1. The van der Waals surface area contributed by atoms with Crippen molar-refractivity contribution in [2.45, 2.75) is 160 Å². The number of aromatic amines is 2. The van der Waals surface area contributed by atoms with Crippen molar-refractivity contribution in [1.82, 2.24) is 57.8 Å². The lowest BCUT2D eigenvalue weighted by molar-refractivity contribution is -0.143. The number of aliphatic hydroxyl groups is 1. The zero-order valence-electron chi connectivity index (χ0n) is 53.5. The number of phenolic OH excluding ortho intramolecular Hbond substituents is 1. The number of fused-ring (bicyclic) bond motifs is 2. The molecule has 0 aliphatic carbocycles. The van der Waals surface area contributed by atoms with E-state index in [9.17, 15) is 78.0 Å². The van der Waals surface area contributed by atoms with Crippen LogP contribution >= 0.6 is 0 Å². The van der Waals surface area contributed by atoms with Crippen LogP contribution in [0.5, 0.6) is 5.75 Å². The topological polar surface area (TPSA) is 521 Å². The number of para-hydroxylation sites is 2. The van der Waals surface area contributed by atoms with Crippen LogP contribution in [0.4, 0.5) is 0 Å². The third kappa shape index (κ3) is 23.3. The number of carboxylic acid groups (broad SMARTS) is 2. The molecule has 514 valence electrons. The number of hydrogen-bond acceptors (Lipinski definition) is 16. The van der Waals surface area contributed by atoms with Crippen LogP contribution < -0.4 is 65.1 Å². The largest absolute Gasteiger partial charge is 0.508 e. The molecule has 0 aliphatic rings. The van der Waals surface area contributed by atoms with E-state index in [2.05, 4.69) is 57.8 Å². The van der Waals surface area contributed by atoms with Gasteiger partial charge in [-0.1, -0.05) is 90.1 Å². The first-order valence-corrected chi connectivity index (χ1v) is 30.8. The minimum atomic E-state index is -2.12. The molecule has 5 aromatic rings. The Kier molecular flexibility index (Phi) is 28.2. The molecule has 0 radical (unpaired) electrons. The van der Waals surface area contributed by atoms with Crippen molar-refractivity contribution in [3.63, 3.8) is 0 Å². The highest BCUT2D eigenvalue weighted by Crippen LogP contribution is 2.23.